The van der Waals surface area contributed by atoms with Gasteiger partial charge in [-0.2, -0.15) is 0 Å². The summed E-state index contributed by atoms with van der Waals surface area (Å²) >= 11 is 0. The summed E-state index contributed by atoms with van der Waals surface area (Å²) in [6.07, 6.45) is 2.67. The van der Waals surface area contributed by atoms with Crippen LogP contribution in [0.3, 0.4) is 0 Å². The lowest BCUT2D eigenvalue weighted by atomic mass is 10.1. The van der Waals surface area contributed by atoms with Gasteiger partial charge in [-0.1, -0.05) is 19.1 Å². The molecule has 2 rings (SSSR count). The van der Waals surface area contributed by atoms with Crippen LogP contribution < -0.4 is 10.5 Å². The highest BCUT2D eigenvalue weighted by Gasteiger charge is 2.24. The zero-order chi connectivity index (χ0) is 14.5. The molecule has 2 atom stereocenters. The molecular weight excluding hydrogens is 252 g/mol. The van der Waals surface area contributed by atoms with Crippen molar-refractivity contribution in [1.29, 1.82) is 0 Å². The summed E-state index contributed by atoms with van der Waals surface area (Å²) in [6.45, 7) is 5.59. The first-order valence-corrected chi connectivity index (χ1v) is 7.42. The minimum atomic E-state index is -0.432. The summed E-state index contributed by atoms with van der Waals surface area (Å²) < 4.78 is 5.72. The number of hydrogen-bond acceptors (Lipinski definition) is 3. The number of likely N-dealkylation sites (tertiary alicyclic amines) is 1. The first-order chi connectivity index (χ1) is 9.61. The van der Waals surface area contributed by atoms with Crippen molar-refractivity contribution in [2.45, 2.75) is 45.3 Å². The van der Waals surface area contributed by atoms with E-state index in [9.17, 15) is 4.79 Å². The lowest BCUT2D eigenvalue weighted by Gasteiger charge is -2.21. The van der Waals surface area contributed by atoms with Gasteiger partial charge in [-0.3, -0.25) is 4.79 Å². The third-order valence-corrected chi connectivity index (χ3v) is 3.83. The van der Waals surface area contributed by atoms with Crippen LogP contribution in [-0.2, 0) is 4.79 Å². The predicted octanol–water partition coefficient (Wildman–Crippen LogP) is 2.49. The fraction of sp³-hybridized carbons (Fsp3) is 0.562. The third kappa shape index (κ3) is 3.51. The molecule has 4 heteroatoms. The fourth-order valence-corrected chi connectivity index (χ4v) is 2.48. The largest absolute Gasteiger partial charge is 0.481 e. The van der Waals surface area contributed by atoms with Crippen LogP contribution >= 0.6 is 0 Å². The van der Waals surface area contributed by atoms with E-state index in [2.05, 4.69) is 6.92 Å². The SMILES string of the molecule is CC[C@H](N)c1ccc(OC(C)C(=O)N2CCCC2)cc1. The Morgan fingerprint density at radius 1 is 1.30 bits per heavy atom. The molecule has 1 heterocycles. The van der Waals surface area contributed by atoms with Gasteiger partial charge in [0.1, 0.15) is 5.75 Å². The Bertz CT molecular complexity index is 438. The van der Waals surface area contributed by atoms with Crippen molar-refractivity contribution in [3.63, 3.8) is 0 Å². The second kappa shape index (κ2) is 6.75. The molecule has 1 saturated heterocycles. The number of amides is 1. The molecule has 1 fully saturated rings. The average molecular weight is 276 g/mol. The molecule has 1 unspecified atom stereocenters. The van der Waals surface area contributed by atoms with Crippen molar-refractivity contribution in [2.24, 2.45) is 5.73 Å². The van der Waals surface area contributed by atoms with E-state index in [1.165, 1.54) is 0 Å². The molecule has 0 spiro atoms. The summed E-state index contributed by atoms with van der Waals surface area (Å²) in [6, 6.07) is 7.78. The maximum absolute atomic E-state index is 12.2. The first-order valence-electron chi connectivity index (χ1n) is 7.42. The Morgan fingerprint density at radius 2 is 1.90 bits per heavy atom. The number of carbonyl (C=O) groups is 1. The average Bonchev–Trinajstić information content (AvgIpc) is 3.00. The molecule has 0 aromatic heterocycles. The predicted molar refractivity (Wildman–Crippen MR) is 79.6 cm³/mol. The van der Waals surface area contributed by atoms with E-state index in [1.54, 1.807) is 0 Å². The van der Waals surface area contributed by atoms with E-state index in [4.69, 9.17) is 10.5 Å². The van der Waals surface area contributed by atoms with Gasteiger partial charge in [-0.25, -0.2) is 0 Å². The number of benzene rings is 1. The summed E-state index contributed by atoms with van der Waals surface area (Å²) in [5.74, 6) is 0.800. The Morgan fingerprint density at radius 3 is 2.45 bits per heavy atom. The molecular formula is C16H24N2O2. The first kappa shape index (κ1) is 14.9. The summed E-state index contributed by atoms with van der Waals surface area (Å²) in [4.78, 5) is 14.0. The van der Waals surface area contributed by atoms with E-state index in [1.807, 2.05) is 36.1 Å². The summed E-state index contributed by atoms with van der Waals surface area (Å²) in [5.41, 5.74) is 7.07. The lowest BCUT2D eigenvalue weighted by Crippen LogP contribution is -2.38. The van der Waals surface area contributed by atoms with Gasteiger partial charge in [0, 0.05) is 19.1 Å². The van der Waals surface area contributed by atoms with Crippen molar-refractivity contribution in [1.82, 2.24) is 4.90 Å². The number of nitrogens with two attached hydrogens (primary N) is 1. The Kier molecular flexibility index (Phi) is 5.01. The molecule has 20 heavy (non-hydrogen) atoms. The monoisotopic (exact) mass is 276 g/mol. The number of carbonyl (C=O) groups excluding carboxylic acids is 1. The standard InChI is InChI=1S/C16H24N2O2/c1-3-15(17)13-6-8-14(9-7-13)20-12(2)16(19)18-10-4-5-11-18/h6-9,12,15H,3-5,10-11,17H2,1-2H3/t12?,15-/m0/s1. The van der Waals surface area contributed by atoms with Gasteiger partial charge < -0.3 is 15.4 Å². The number of rotatable bonds is 5. The van der Waals surface area contributed by atoms with Crippen LogP contribution in [0, 0.1) is 0 Å². The van der Waals surface area contributed by atoms with E-state index in [0.29, 0.717) is 0 Å². The normalized spacial score (nSPS) is 17.9. The van der Waals surface area contributed by atoms with E-state index < -0.39 is 6.10 Å². The molecule has 1 aromatic rings. The van der Waals surface area contributed by atoms with Crippen LogP contribution in [0.5, 0.6) is 5.75 Å². The van der Waals surface area contributed by atoms with Crippen LogP contribution in [0.15, 0.2) is 24.3 Å². The maximum atomic E-state index is 12.2. The molecule has 1 aromatic carbocycles. The van der Waals surface area contributed by atoms with Gasteiger partial charge in [0.25, 0.3) is 5.91 Å². The highest BCUT2D eigenvalue weighted by atomic mass is 16.5. The highest BCUT2D eigenvalue weighted by Crippen LogP contribution is 2.20. The lowest BCUT2D eigenvalue weighted by molar-refractivity contribution is -0.136. The van der Waals surface area contributed by atoms with E-state index in [-0.39, 0.29) is 11.9 Å². The van der Waals surface area contributed by atoms with Gasteiger partial charge in [-0.15, -0.1) is 0 Å². The molecule has 0 aliphatic carbocycles. The second-order valence-electron chi connectivity index (χ2n) is 5.38. The van der Waals surface area contributed by atoms with Gasteiger partial charge in [0.2, 0.25) is 0 Å². The second-order valence-corrected chi connectivity index (χ2v) is 5.38. The van der Waals surface area contributed by atoms with Crippen LogP contribution in [0.25, 0.3) is 0 Å². The Hall–Kier alpha value is -1.55. The van der Waals surface area contributed by atoms with Crippen molar-refractivity contribution < 1.29 is 9.53 Å². The molecule has 2 N–H and O–H groups in total. The van der Waals surface area contributed by atoms with Gasteiger partial charge >= 0.3 is 0 Å². The van der Waals surface area contributed by atoms with E-state index >= 15 is 0 Å². The molecule has 4 nitrogen and oxygen atoms in total. The third-order valence-electron chi connectivity index (χ3n) is 3.83. The number of hydrogen-bond donors (Lipinski definition) is 1. The summed E-state index contributed by atoms with van der Waals surface area (Å²) in [5, 5.41) is 0. The van der Waals surface area contributed by atoms with Crippen molar-refractivity contribution in [3.8, 4) is 5.75 Å². The zero-order valence-corrected chi connectivity index (χ0v) is 12.3. The minimum Gasteiger partial charge on any atom is -0.481 e. The van der Waals surface area contributed by atoms with Crippen LogP contribution in [0.1, 0.15) is 44.7 Å². The van der Waals surface area contributed by atoms with Crippen LogP contribution in [0.4, 0.5) is 0 Å². The van der Waals surface area contributed by atoms with Gasteiger partial charge in [-0.05, 0) is 43.9 Å². The van der Waals surface area contributed by atoms with Crippen molar-refractivity contribution >= 4 is 5.91 Å². The molecule has 0 bridgehead atoms. The molecule has 1 amide bonds. The van der Waals surface area contributed by atoms with Crippen molar-refractivity contribution in [3.05, 3.63) is 29.8 Å². The molecule has 110 valence electrons. The topological polar surface area (TPSA) is 55.6 Å². The number of nitrogens with zero attached hydrogens (tertiary/aromatic N) is 1. The van der Waals surface area contributed by atoms with Gasteiger partial charge in [0.05, 0.1) is 0 Å². The van der Waals surface area contributed by atoms with Gasteiger partial charge in [0.15, 0.2) is 6.10 Å². The highest BCUT2D eigenvalue weighted by molar-refractivity contribution is 5.81. The molecule has 0 radical (unpaired) electrons. The molecule has 0 saturated carbocycles. The maximum Gasteiger partial charge on any atom is 0.263 e. The zero-order valence-electron chi connectivity index (χ0n) is 12.3. The molecule has 1 aliphatic heterocycles. The van der Waals surface area contributed by atoms with Crippen LogP contribution in [0.2, 0.25) is 0 Å². The fourth-order valence-electron chi connectivity index (χ4n) is 2.48. The smallest absolute Gasteiger partial charge is 0.263 e. The quantitative estimate of drug-likeness (QED) is 0.899. The Balaban J connectivity index is 1.93. The summed E-state index contributed by atoms with van der Waals surface area (Å²) in [7, 11) is 0. The van der Waals surface area contributed by atoms with E-state index in [0.717, 1.165) is 43.7 Å². The van der Waals surface area contributed by atoms with Crippen molar-refractivity contribution in [2.75, 3.05) is 13.1 Å². The number of ether oxygens (including phenoxy) is 1. The molecule has 1 aliphatic rings. The minimum absolute atomic E-state index is 0.0627. The van der Waals surface area contributed by atoms with Crippen LogP contribution in [-0.4, -0.2) is 30.0 Å². The Labute approximate surface area is 120 Å².